The molecule has 0 radical (unpaired) electrons. The molecule has 104 valence electrons. The lowest BCUT2D eigenvalue weighted by Crippen LogP contribution is -2.39. The Bertz CT molecular complexity index is 445. The average molecular weight is 266 g/mol. The summed E-state index contributed by atoms with van der Waals surface area (Å²) in [6.07, 6.45) is 3.29. The second-order valence-electron chi connectivity index (χ2n) is 4.64. The molecule has 0 spiro atoms. The smallest absolute Gasteiger partial charge is 0.241 e. The number of carbonyl (C=O) groups is 1. The normalized spacial score (nSPS) is 15.2. The molecule has 0 aliphatic carbocycles. The van der Waals surface area contributed by atoms with Gasteiger partial charge in [0.15, 0.2) is 0 Å². The average Bonchev–Trinajstić information content (AvgIpc) is 2.47. The maximum absolute atomic E-state index is 13.6. The zero-order valence-corrected chi connectivity index (χ0v) is 11.1. The van der Waals surface area contributed by atoms with Gasteiger partial charge in [0.25, 0.3) is 0 Å². The first kappa shape index (κ1) is 13.6. The number of hydrogen-bond donors (Lipinski definition) is 1. The molecule has 1 aromatic rings. The van der Waals surface area contributed by atoms with E-state index in [2.05, 4.69) is 5.32 Å². The van der Waals surface area contributed by atoms with Gasteiger partial charge >= 0.3 is 0 Å². The predicted octanol–water partition coefficient (Wildman–Crippen LogP) is 2.26. The quantitative estimate of drug-likeness (QED) is 0.909. The highest BCUT2D eigenvalue weighted by molar-refractivity contribution is 5.81. The Morgan fingerprint density at radius 1 is 1.37 bits per heavy atom. The molecule has 1 heterocycles. The first-order valence-electron chi connectivity index (χ1n) is 6.56. The summed E-state index contributed by atoms with van der Waals surface area (Å²) in [5.74, 6) is 0.198. The molecule has 1 aromatic carbocycles. The third kappa shape index (κ3) is 3.59. The number of hydrogen-bond acceptors (Lipinski definition) is 3. The zero-order chi connectivity index (χ0) is 13.7. The topological polar surface area (TPSA) is 41.6 Å². The predicted molar refractivity (Wildman–Crippen MR) is 71.9 cm³/mol. The summed E-state index contributed by atoms with van der Waals surface area (Å²) in [7, 11) is 1.52. The fourth-order valence-corrected chi connectivity index (χ4v) is 2.19. The molecule has 1 amide bonds. The van der Waals surface area contributed by atoms with Crippen LogP contribution in [0.2, 0.25) is 0 Å². The number of methoxy groups -OCH3 is 1. The lowest BCUT2D eigenvalue weighted by atomic mass is 10.1. The standard InChI is InChI=1S/C14H19FN2O2/c1-19-11-5-6-12(15)13(9-11)16-10-14(18)17-7-3-2-4-8-17/h5-6,9,16H,2-4,7-8,10H2,1H3. The van der Waals surface area contributed by atoms with Gasteiger partial charge in [-0.2, -0.15) is 0 Å². The Morgan fingerprint density at radius 3 is 2.79 bits per heavy atom. The van der Waals surface area contributed by atoms with Gasteiger partial charge in [-0.3, -0.25) is 4.79 Å². The number of nitrogens with zero attached hydrogens (tertiary/aromatic N) is 1. The molecule has 4 nitrogen and oxygen atoms in total. The van der Waals surface area contributed by atoms with Gasteiger partial charge < -0.3 is 15.0 Å². The number of nitrogens with one attached hydrogen (secondary N) is 1. The zero-order valence-electron chi connectivity index (χ0n) is 11.1. The Morgan fingerprint density at radius 2 is 2.11 bits per heavy atom. The van der Waals surface area contributed by atoms with Crippen molar-refractivity contribution in [2.45, 2.75) is 19.3 Å². The Balaban J connectivity index is 1.92. The van der Waals surface area contributed by atoms with Crippen molar-refractivity contribution in [3.05, 3.63) is 24.0 Å². The van der Waals surface area contributed by atoms with Crippen LogP contribution in [-0.2, 0) is 4.79 Å². The minimum absolute atomic E-state index is 0.0157. The third-order valence-corrected chi connectivity index (χ3v) is 3.31. The minimum Gasteiger partial charge on any atom is -0.497 e. The molecule has 0 atom stereocenters. The summed E-state index contributed by atoms with van der Waals surface area (Å²) in [6.45, 7) is 1.73. The van der Waals surface area contributed by atoms with Crippen LogP contribution < -0.4 is 10.1 Å². The SMILES string of the molecule is COc1ccc(F)c(NCC(=O)N2CCCCC2)c1. The second-order valence-corrected chi connectivity index (χ2v) is 4.64. The summed E-state index contributed by atoms with van der Waals surface area (Å²) in [5, 5.41) is 2.84. The fourth-order valence-electron chi connectivity index (χ4n) is 2.19. The van der Waals surface area contributed by atoms with Crippen LogP contribution in [0.5, 0.6) is 5.75 Å². The largest absolute Gasteiger partial charge is 0.497 e. The van der Waals surface area contributed by atoms with Crippen LogP contribution in [0, 0.1) is 5.82 Å². The number of carbonyl (C=O) groups excluding carboxylic acids is 1. The van der Waals surface area contributed by atoms with Gasteiger partial charge in [-0.05, 0) is 31.4 Å². The Hall–Kier alpha value is -1.78. The summed E-state index contributed by atoms with van der Waals surface area (Å²) >= 11 is 0. The van der Waals surface area contributed by atoms with Crippen molar-refractivity contribution >= 4 is 11.6 Å². The molecule has 1 N–H and O–H groups in total. The monoisotopic (exact) mass is 266 g/mol. The Kier molecular flexibility index (Phi) is 4.60. The van der Waals surface area contributed by atoms with Gasteiger partial charge in [0, 0.05) is 19.2 Å². The van der Waals surface area contributed by atoms with E-state index in [0.717, 1.165) is 25.9 Å². The molecule has 1 aliphatic rings. The molecule has 1 fully saturated rings. The summed E-state index contributed by atoms with van der Waals surface area (Å²) in [5.41, 5.74) is 0.296. The molecule has 0 unspecified atom stereocenters. The van der Waals surface area contributed by atoms with Crippen LogP contribution in [0.4, 0.5) is 10.1 Å². The van der Waals surface area contributed by atoms with E-state index in [0.29, 0.717) is 11.4 Å². The van der Waals surface area contributed by atoms with Crippen molar-refractivity contribution in [3.63, 3.8) is 0 Å². The molecule has 19 heavy (non-hydrogen) atoms. The first-order valence-corrected chi connectivity index (χ1v) is 6.56. The molecule has 0 bridgehead atoms. The molecular weight excluding hydrogens is 247 g/mol. The molecule has 1 aliphatic heterocycles. The van der Waals surface area contributed by atoms with Crippen LogP contribution in [-0.4, -0.2) is 37.6 Å². The number of piperidine rings is 1. The molecular formula is C14H19FN2O2. The van der Waals surface area contributed by atoms with E-state index in [1.54, 1.807) is 12.1 Å². The van der Waals surface area contributed by atoms with Crippen molar-refractivity contribution in [1.29, 1.82) is 0 Å². The molecule has 0 saturated carbocycles. The third-order valence-electron chi connectivity index (χ3n) is 3.31. The summed E-state index contributed by atoms with van der Waals surface area (Å²) in [6, 6.07) is 4.43. The highest BCUT2D eigenvalue weighted by atomic mass is 19.1. The van der Waals surface area contributed by atoms with Crippen LogP contribution in [0.15, 0.2) is 18.2 Å². The lowest BCUT2D eigenvalue weighted by Gasteiger charge is -2.27. The van der Waals surface area contributed by atoms with Crippen LogP contribution in [0.1, 0.15) is 19.3 Å². The van der Waals surface area contributed by atoms with E-state index in [1.165, 1.54) is 19.6 Å². The minimum atomic E-state index is -0.382. The fraction of sp³-hybridized carbons (Fsp3) is 0.500. The Labute approximate surface area is 112 Å². The van der Waals surface area contributed by atoms with Gasteiger partial charge in [-0.1, -0.05) is 0 Å². The maximum atomic E-state index is 13.6. The van der Waals surface area contributed by atoms with Crippen LogP contribution in [0.25, 0.3) is 0 Å². The van der Waals surface area contributed by atoms with E-state index >= 15 is 0 Å². The number of amides is 1. The van der Waals surface area contributed by atoms with E-state index in [-0.39, 0.29) is 18.3 Å². The second kappa shape index (κ2) is 6.41. The van der Waals surface area contributed by atoms with Gasteiger partial charge in [0.2, 0.25) is 5.91 Å². The number of halogens is 1. The number of anilines is 1. The molecule has 0 aromatic heterocycles. The van der Waals surface area contributed by atoms with Gasteiger partial charge in [0.05, 0.1) is 19.3 Å². The number of rotatable bonds is 4. The van der Waals surface area contributed by atoms with E-state index in [1.807, 2.05) is 4.90 Å². The van der Waals surface area contributed by atoms with Crippen molar-refractivity contribution in [3.8, 4) is 5.75 Å². The maximum Gasteiger partial charge on any atom is 0.241 e. The lowest BCUT2D eigenvalue weighted by molar-refractivity contribution is -0.130. The van der Waals surface area contributed by atoms with Gasteiger partial charge in [-0.25, -0.2) is 4.39 Å². The highest BCUT2D eigenvalue weighted by Crippen LogP contribution is 2.21. The van der Waals surface area contributed by atoms with E-state index < -0.39 is 0 Å². The van der Waals surface area contributed by atoms with E-state index in [4.69, 9.17) is 4.74 Å². The number of ether oxygens (including phenoxy) is 1. The first-order chi connectivity index (χ1) is 9.20. The van der Waals surface area contributed by atoms with Crippen LogP contribution >= 0.6 is 0 Å². The van der Waals surface area contributed by atoms with Crippen molar-refractivity contribution in [2.75, 3.05) is 32.1 Å². The number of benzene rings is 1. The molecule has 1 saturated heterocycles. The summed E-state index contributed by atoms with van der Waals surface area (Å²) in [4.78, 5) is 13.8. The van der Waals surface area contributed by atoms with Crippen LogP contribution in [0.3, 0.4) is 0 Å². The molecule has 2 rings (SSSR count). The van der Waals surface area contributed by atoms with Crippen molar-refractivity contribution < 1.29 is 13.9 Å². The van der Waals surface area contributed by atoms with Crippen molar-refractivity contribution in [1.82, 2.24) is 4.90 Å². The van der Waals surface area contributed by atoms with Gasteiger partial charge in [-0.15, -0.1) is 0 Å². The van der Waals surface area contributed by atoms with Gasteiger partial charge in [0.1, 0.15) is 11.6 Å². The number of likely N-dealkylation sites (tertiary alicyclic amines) is 1. The highest BCUT2D eigenvalue weighted by Gasteiger charge is 2.16. The molecule has 5 heteroatoms. The van der Waals surface area contributed by atoms with E-state index in [9.17, 15) is 9.18 Å². The van der Waals surface area contributed by atoms with Crippen molar-refractivity contribution in [2.24, 2.45) is 0 Å². The summed E-state index contributed by atoms with van der Waals surface area (Å²) < 4.78 is 18.6.